The maximum Gasteiger partial charge on any atom is 0.0729 e. The van der Waals surface area contributed by atoms with Crippen LogP contribution >= 0.6 is 0 Å². The Balaban J connectivity index is 1.67. The summed E-state index contributed by atoms with van der Waals surface area (Å²) in [6, 6.07) is 12.0. The molecule has 1 aliphatic carbocycles. The first-order valence-electron chi connectivity index (χ1n) is 7.66. The van der Waals surface area contributed by atoms with Gasteiger partial charge in [0.1, 0.15) is 0 Å². The van der Waals surface area contributed by atoms with Crippen molar-refractivity contribution in [1.82, 2.24) is 5.32 Å². The van der Waals surface area contributed by atoms with E-state index in [1.54, 1.807) is 0 Å². The molecule has 4 unspecified atom stereocenters. The van der Waals surface area contributed by atoms with Crippen molar-refractivity contribution in [3.8, 4) is 0 Å². The number of benzene rings is 1. The maximum atomic E-state index is 6.08. The molecular weight excluding hydrogens is 234 g/mol. The Kier molecular flexibility index (Phi) is 3.90. The van der Waals surface area contributed by atoms with Gasteiger partial charge in [0.05, 0.1) is 12.7 Å². The second-order valence-electron chi connectivity index (χ2n) is 6.42. The van der Waals surface area contributed by atoms with Gasteiger partial charge in [0.25, 0.3) is 0 Å². The molecule has 0 aromatic heterocycles. The van der Waals surface area contributed by atoms with E-state index in [4.69, 9.17) is 4.74 Å². The Labute approximate surface area is 116 Å². The molecule has 1 saturated carbocycles. The minimum absolute atomic E-state index is 0.440. The molecule has 1 aromatic carbocycles. The maximum absolute atomic E-state index is 6.08. The van der Waals surface area contributed by atoms with Crippen LogP contribution in [0.3, 0.4) is 0 Å². The third kappa shape index (κ3) is 2.85. The number of hydrogen-bond acceptors (Lipinski definition) is 2. The highest BCUT2D eigenvalue weighted by atomic mass is 16.5. The topological polar surface area (TPSA) is 21.3 Å². The van der Waals surface area contributed by atoms with E-state index >= 15 is 0 Å². The van der Waals surface area contributed by atoms with Gasteiger partial charge in [0.2, 0.25) is 0 Å². The summed E-state index contributed by atoms with van der Waals surface area (Å²) in [4.78, 5) is 0. The normalized spacial score (nSPS) is 35.1. The summed E-state index contributed by atoms with van der Waals surface area (Å²) in [5.74, 6) is 1.35. The number of hydrogen-bond donors (Lipinski definition) is 1. The molecule has 1 saturated heterocycles. The average Bonchev–Trinajstić information content (AvgIpc) is 2.47. The number of fused-ring (bicyclic) bond motifs is 1. The summed E-state index contributed by atoms with van der Waals surface area (Å²) in [5.41, 5.74) is 1.49. The van der Waals surface area contributed by atoms with Crippen LogP contribution in [0.5, 0.6) is 0 Å². The van der Waals surface area contributed by atoms with Crippen LogP contribution in [-0.2, 0) is 4.74 Å². The van der Waals surface area contributed by atoms with Gasteiger partial charge in [-0.1, -0.05) is 44.2 Å². The van der Waals surface area contributed by atoms with Crippen molar-refractivity contribution < 1.29 is 4.74 Å². The molecule has 0 amide bonds. The standard InChI is InChI=1S/C17H25NO/c1-12(2)16-11-19-17-9-8-14(10-15(17)18-16)13-6-4-3-5-7-13/h3-7,12,14-18H,8-11H2,1-2H3. The van der Waals surface area contributed by atoms with E-state index in [2.05, 4.69) is 49.5 Å². The van der Waals surface area contributed by atoms with Gasteiger partial charge in [-0.05, 0) is 36.7 Å². The monoisotopic (exact) mass is 259 g/mol. The number of ether oxygens (including phenoxy) is 1. The second-order valence-corrected chi connectivity index (χ2v) is 6.42. The zero-order valence-corrected chi connectivity index (χ0v) is 12.0. The first kappa shape index (κ1) is 13.1. The molecule has 1 N–H and O–H groups in total. The predicted molar refractivity (Wildman–Crippen MR) is 78.3 cm³/mol. The quantitative estimate of drug-likeness (QED) is 0.879. The van der Waals surface area contributed by atoms with E-state index in [9.17, 15) is 0 Å². The first-order valence-corrected chi connectivity index (χ1v) is 7.66. The lowest BCUT2D eigenvalue weighted by Gasteiger charge is -2.44. The van der Waals surface area contributed by atoms with Crippen LogP contribution in [0, 0.1) is 5.92 Å². The predicted octanol–water partition coefficient (Wildman–Crippen LogP) is 3.34. The highest BCUT2D eigenvalue weighted by molar-refractivity contribution is 5.21. The molecular formula is C17H25NO. The Hall–Kier alpha value is -0.860. The summed E-state index contributed by atoms with van der Waals surface area (Å²) in [6.07, 6.45) is 4.12. The van der Waals surface area contributed by atoms with E-state index in [-0.39, 0.29) is 0 Å². The molecule has 104 valence electrons. The third-order valence-electron chi connectivity index (χ3n) is 4.78. The van der Waals surface area contributed by atoms with E-state index in [0.717, 1.165) is 6.61 Å². The van der Waals surface area contributed by atoms with Crippen LogP contribution in [0.25, 0.3) is 0 Å². The van der Waals surface area contributed by atoms with E-state index < -0.39 is 0 Å². The van der Waals surface area contributed by atoms with Gasteiger partial charge in [0, 0.05) is 12.1 Å². The number of rotatable bonds is 2. The second kappa shape index (κ2) is 5.64. The zero-order chi connectivity index (χ0) is 13.2. The van der Waals surface area contributed by atoms with Gasteiger partial charge in [-0.2, -0.15) is 0 Å². The van der Waals surface area contributed by atoms with Crippen LogP contribution < -0.4 is 5.32 Å². The van der Waals surface area contributed by atoms with Gasteiger partial charge in [0.15, 0.2) is 0 Å². The van der Waals surface area contributed by atoms with Gasteiger partial charge < -0.3 is 10.1 Å². The molecule has 2 fully saturated rings. The van der Waals surface area contributed by atoms with Crippen LogP contribution in [-0.4, -0.2) is 24.8 Å². The lowest BCUT2D eigenvalue weighted by Crippen LogP contribution is -2.57. The van der Waals surface area contributed by atoms with Crippen LogP contribution in [0.2, 0.25) is 0 Å². The van der Waals surface area contributed by atoms with E-state index in [0.29, 0.717) is 30.0 Å². The molecule has 4 atom stereocenters. The van der Waals surface area contributed by atoms with Crippen molar-refractivity contribution in [3.63, 3.8) is 0 Å². The van der Waals surface area contributed by atoms with E-state index in [1.165, 1.54) is 24.8 Å². The fraction of sp³-hybridized carbons (Fsp3) is 0.647. The molecule has 1 heterocycles. The third-order valence-corrected chi connectivity index (χ3v) is 4.78. The van der Waals surface area contributed by atoms with Crippen LogP contribution in [0.1, 0.15) is 44.6 Å². The molecule has 2 nitrogen and oxygen atoms in total. The minimum Gasteiger partial charge on any atom is -0.375 e. The Morgan fingerprint density at radius 2 is 1.95 bits per heavy atom. The van der Waals surface area contributed by atoms with Gasteiger partial charge >= 0.3 is 0 Å². The fourth-order valence-corrected chi connectivity index (χ4v) is 3.48. The molecule has 2 aliphatic rings. The molecule has 1 aromatic rings. The summed E-state index contributed by atoms with van der Waals surface area (Å²) in [6.45, 7) is 5.44. The average molecular weight is 259 g/mol. The molecule has 2 heteroatoms. The highest BCUT2D eigenvalue weighted by Gasteiger charge is 2.37. The first-order chi connectivity index (χ1) is 9.24. The number of nitrogens with one attached hydrogen (secondary N) is 1. The summed E-state index contributed by atoms with van der Waals surface area (Å²) < 4.78 is 6.08. The lowest BCUT2D eigenvalue weighted by molar-refractivity contribution is -0.0568. The van der Waals surface area contributed by atoms with Gasteiger partial charge in [-0.15, -0.1) is 0 Å². The highest BCUT2D eigenvalue weighted by Crippen LogP contribution is 2.36. The molecule has 19 heavy (non-hydrogen) atoms. The van der Waals surface area contributed by atoms with E-state index in [1.807, 2.05) is 0 Å². The molecule has 0 bridgehead atoms. The SMILES string of the molecule is CC(C)C1COC2CCC(c3ccccc3)CC2N1. The zero-order valence-electron chi connectivity index (χ0n) is 12.0. The Bertz CT molecular complexity index is 403. The van der Waals surface area contributed by atoms with Gasteiger partial charge in [-0.25, -0.2) is 0 Å². The van der Waals surface area contributed by atoms with Crippen molar-refractivity contribution in [1.29, 1.82) is 0 Å². The van der Waals surface area contributed by atoms with Crippen LogP contribution in [0.4, 0.5) is 0 Å². The summed E-state index contributed by atoms with van der Waals surface area (Å²) >= 11 is 0. The smallest absolute Gasteiger partial charge is 0.0729 e. The summed E-state index contributed by atoms with van der Waals surface area (Å²) in [5, 5.41) is 3.83. The Morgan fingerprint density at radius 1 is 1.16 bits per heavy atom. The van der Waals surface area contributed by atoms with Crippen molar-refractivity contribution in [2.24, 2.45) is 5.92 Å². The Morgan fingerprint density at radius 3 is 2.68 bits per heavy atom. The van der Waals surface area contributed by atoms with Crippen LogP contribution in [0.15, 0.2) is 30.3 Å². The summed E-state index contributed by atoms with van der Waals surface area (Å²) in [7, 11) is 0. The van der Waals surface area contributed by atoms with Crippen molar-refractivity contribution in [2.75, 3.05) is 6.61 Å². The molecule has 0 spiro atoms. The minimum atomic E-state index is 0.440. The van der Waals surface area contributed by atoms with Crippen molar-refractivity contribution >= 4 is 0 Å². The lowest BCUT2D eigenvalue weighted by atomic mass is 9.78. The molecule has 0 radical (unpaired) electrons. The number of morpholine rings is 1. The van der Waals surface area contributed by atoms with Crippen molar-refractivity contribution in [3.05, 3.63) is 35.9 Å². The van der Waals surface area contributed by atoms with Crippen molar-refractivity contribution in [2.45, 2.75) is 57.2 Å². The molecule has 3 rings (SSSR count). The largest absolute Gasteiger partial charge is 0.375 e. The molecule has 1 aliphatic heterocycles. The van der Waals surface area contributed by atoms with Gasteiger partial charge in [-0.3, -0.25) is 0 Å². The fourth-order valence-electron chi connectivity index (χ4n) is 3.48.